The lowest BCUT2D eigenvalue weighted by molar-refractivity contribution is 0.776. The molecule has 0 aromatic heterocycles. The van der Waals surface area contributed by atoms with Gasteiger partial charge in [0.25, 0.3) is 0 Å². The maximum atomic E-state index is 2.55. The molecule has 0 saturated heterocycles. The Bertz CT molecular complexity index is 3630. The summed E-state index contributed by atoms with van der Waals surface area (Å²) in [6.07, 6.45) is 0. The molecule has 0 N–H and O–H groups in total. The van der Waals surface area contributed by atoms with Crippen molar-refractivity contribution in [3.05, 3.63) is 275 Å². The largest absolute Gasteiger partial charge is 0.310 e. The van der Waals surface area contributed by atoms with Crippen LogP contribution in [-0.4, -0.2) is 0 Å². The summed E-state index contributed by atoms with van der Waals surface area (Å²) in [4.78, 5) is 4.94. The molecule has 0 spiro atoms. The minimum Gasteiger partial charge on any atom is -0.310 e. The summed E-state index contributed by atoms with van der Waals surface area (Å²) >= 11 is 0. The molecule has 0 bridgehead atoms. The predicted octanol–water partition coefficient (Wildman–Crippen LogP) is 17.7. The molecule has 11 aromatic carbocycles. The first kappa shape index (κ1) is 40.3. The van der Waals surface area contributed by atoms with Crippen LogP contribution in [0.5, 0.6) is 0 Å². The second-order valence-corrected chi connectivity index (χ2v) is 18.3. The average Bonchev–Trinajstić information content (AvgIpc) is 3.70. The molecule has 2 nitrogen and oxygen atoms in total. The molecule has 0 heterocycles. The Labute approximate surface area is 393 Å². The Morgan fingerprint density at radius 2 is 0.761 bits per heavy atom. The highest BCUT2D eigenvalue weighted by Crippen LogP contribution is 2.63. The summed E-state index contributed by atoms with van der Waals surface area (Å²) < 4.78 is 0. The molecule has 320 valence electrons. The van der Waals surface area contributed by atoms with E-state index in [0.717, 1.165) is 22.7 Å². The summed E-state index contributed by atoms with van der Waals surface area (Å²) in [5.41, 5.74) is 18.7. The minimum atomic E-state index is -0.702. The third-order valence-electron chi connectivity index (χ3n) is 14.2. The molecule has 1 aliphatic carbocycles. The summed E-state index contributed by atoms with van der Waals surface area (Å²) in [6, 6.07) is 86.0. The molecule has 0 amide bonds. The van der Waals surface area contributed by atoms with Crippen LogP contribution in [0.3, 0.4) is 0 Å². The second kappa shape index (κ2) is 16.0. The van der Waals surface area contributed by atoms with Crippen LogP contribution >= 0.6 is 0 Å². The van der Waals surface area contributed by atoms with Gasteiger partial charge in [-0.3, -0.25) is 0 Å². The highest BCUT2D eigenvalue weighted by atomic mass is 15.2. The number of fused-ring (bicyclic) bond motifs is 10. The third-order valence-corrected chi connectivity index (χ3v) is 14.2. The van der Waals surface area contributed by atoms with Crippen LogP contribution < -0.4 is 9.80 Å². The highest BCUT2D eigenvalue weighted by Gasteiger charge is 2.49. The van der Waals surface area contributed by atoms with Crippen molar-refractivity contribution in [2.75, 3.05) is 9.80 Å². The second-order valence-electron chi connectivity index (χ2n) is 18.3. The van der Waals surface area contributed by atoms with Crippen LogP contribution in [0, 0.1) is 27.7 Å². The number of hydrogen-bond acceptors (Lipinski definition) is 2. The maximum Gasteiger partial charge on any atom is 0.0720 e. The fourth-order valence-electron chi connectivity index (χ4n) is 11.3. The first-order valence-electron chi connectivity index (χ1n) is 23.4. The fourth-order valence-corrected chi connectivity index (χ4v) is 11.3. The SMILES string of the molecule is Cc1ccc(C)c(N(c2ccccc2)c2ccc3c4c(c5ccccc5c3c2)-c2c(cc(N(c3ccccc3)c3cc(C)ccc3C)c3ccccc23)C4(c2ccccc2)c2ccccc2)c1. The minimum absolute atomic E-state index is 0.702. The zero-order valence-corrected chi connectivity index (χ0v) is 38.3. The zero-order chi connectivity index (χ0) is 45.2. The van der Waals surface area contributed by atoms with E-state index >= 15 is 0 Å². The standard InChI is InChI=1S/C65H50N2/c1-43-33-35-45(3)59(39-43)66(49-25-13-7-14-26-49)51-37-38-56-57(41-51)52-29-17-19-31-54(52)63-62-55-32-20-18-30-53(55)61(67(50-27-15-8-16-28-50)60-40-44(2)34-36-46(60)4)42-58(62)65(64(56)63,47-21-9-5-10-22-47)48-23-11-6-12-24-48/h5-42H,1-4H3. The van der Waals surface area contributed by atoms with E-state index < -0.39 is 5.41 Å². The van der Waals surface area contributed by atoms with Gasteiger partial charge in [-0.15, -0.1) is 0 Å². The normalized spacial score (nSPS) is 12.6. The lowest BCUT2D eigenvalue weighted by Crippen LogP contribution is -2.29. The van der Waals surface area contributed by atoms with Gasteiger partial charge < -0.3 is 9.80 Å². The molecule has 0 fully saturated rings. The first-order chi connectivity index (χ1) is 32.9. The lowest BCUT2D eigenvalue weighted by Gasteiger charge is -2.36. The summed E-state index contributed by atoms with van der Waals surface area (Å²) in [5, 5.41) is 7.42. The van der Waals surface area contributed by atoms with Gasteiger partial charge in [-0.05, 0) is 165 Å². The lowest BCUT2D eigenvalue weighted by atomic mass is 9.66. The predicted molar refractivity (Wildman–Crippen MR) is 285 cm³/mol. The Morgan fingerprint density at radius 3 is 1.33 bits per heavy atom. The van der Waals surface area contributed by atoms with E-state index in [0.29, 0.717) is 0 Å². The van der Waals surface area contributed by atoms with E-state index in [1.807, 2.05) is 0 Å². The number of hydrogen-bond donors (Lipinski definition) is 0. The fraction of sp³-hybridized carbons (Fsp3) is 0.0769. The third kappa shape index (κ3) is 6.32. The average molecular weight is 859 g/mol. The van der Waals surface area contributed by atoms with Crippen molar-refractivity contribution >= 4 is 66.4 Å². The van der Waals surface area contributed by atoms with Crippen molar-refractivity contribution in [1.82, 2.24) is 0 Å². The van der Waals surface area contributed by atoms with Crippen LogP contribution in [0.25, 0.3) is 43.4 Å². The summed E-state index contributed by atoms with van der Waals surface area (Å²) in [5.74, 6) is 0. The zero-order valence-electron chi connectivity index (χ0n) is 38.3. The Hall–Kier alpha value is -8.20. The molecule has 1 aliphatic rings. The molecule has 12 rings (SSSR count). The van der Waals surface area contributed by atoms with Gasteiger partial charge in [0.15, 0.2) is 0 Å². The van der Waals surface area contributed by atoms with E-state index in [9.17, 15) is 0 Å². The Balaban J connectivity index is 1.26. The molecule has 67 heavy (non-hydrogen) atoms. The first-order valence-corrected chi connectivity index (χ1v) is 23.4. The molecule has 0 unspecified atom stereocenters. The van der Waals surface area contributed by atoms with Gasteiger partial charge in [0.05, 0.1) is 11.1 Å². The molecule has 0 aliphatic heterocycles. The van der Waals surface area contributed by atoms with Crippen molar-refractivity contribution in [2.45, 2.75) is 33.1 Å². The molecule has 0 saturated carbocycles. The van der Waals surface area contributed by atoms with Gasteiger partial charge in [0.2, 0.25) is 0 Å². The number of para-hydroxylation sites is 2. The van der Waals surface area contributed by atoms with Gasteiger partial charge >= 0.3 is 0 Å². The molecular weight excluding hydrogens is 809 g/mol. The van der Waals surface area contributed by atoms with Gasteiger partial charge in [0.1, 0.15) is 0 Å². The summed E-state index contributed by atoms with van der Waals surface area (Å²) in [7, 11) is 0. The number of nitrogens with zero attached hydrogens (tertiary/aromatic N) is 2. The van der Waals surface area contributed by atoms with E-state index in [4.69, 9.17) is 0 Å². The topological polar surface area (TPSA) is 6.48 Å². The number of benzene rings is 11. The van der Waals surface area contributed by atoms with Gasteiger partial charge in [-0.25, -0.2) is 0 Å². The maximum absolute atomic E-state index is 2.55. The van der Waals surface area contributed by atoms with Crippen LogP contribution in [0.2, 0.25) is 0 Å². The molecule has 2 heteroatoms. The van der Waals surface area contributed by atoms with Crippen LogP contribution in [0.4, 0.5) is 34.1 Å². The van der Waals surface area contributed by atoms with E-state index in [2.05, 4.69) is 268 Å². The van der Waals surface area contributed by atoms with Crippen molar-refractivity contribution in [3.63, 3.8) is 0 Å². The van der Waals surface area contributed by atoms with Crippen molar-refractivity contribution < 1.29 is 0 Å². The molecule has 0 radical (unpaired) electrons. The van der Waals surface area contributed by atoms with E-state index in [-0.39, 0.29) is 0 Å². The number of anilines is 6. The van der Waals surface area contributed by atoms with Crippen molar-refractivity contribution in [1.29, 1.82) is 0 Å². The van der Waals surface area contributed by atoms with Crippen LogP contribution in [0.15, 0.2) is 231 Å². The van der Waals surface area contributed by atoms with Crippen LogP contribution in [0.1, 0.15) is 44.5 Å². The van der Waals surface area contributed by atoms with Gasteiger partial charge in [0, 0.05) is 33.8 Å². The Kier molecular flexibility index (Phi) is 9.66. The Morgan fingerprint density at radius 1 is 0.299 bits per heavy atom. The highest BCUT2D eigenvalue weighted by molar-refractivity contribution is 6.24. The molecule has 11 aromatic rings. The number of rotatable bonds is 8. The summed E-state index contributed by atoms with van der Waals surface area (Å²) in [6.45, 7) is 8.84. The van der Waals surface area contributed by atoms with Crippen molar-refractivity contribution in [2.24, 2.45) is 0 Å². The smallest absolute Gasteiger partial charge is 0.0720 e. The molecular formula is C65H50N2. The molecule has 0 atom stereocenters. The van der Waals surface area contributed by atoms with Gasteiger partial charge in [-0.1, -0.05) is 176 Å². The van der Waals surface area contributed by atoms with Gasteiger partial charge in [-0.2, -0.15) is 0 Å². The monoisotopic (exact) mass is 858 g/mol. The quantitative estimate of drug-likeness (QED) is 0.141. The number of aryl methyl sites for hydroxylation is 4. The van der Waals surface area contributed by atoms with Crippen LogP contribution in [-0.2, 0) is 5.41 Å². The van der Waals surface area contributed by atoms with E-state index in [1.54, 1.807) is 0 Å². The van der Waals surface area contributed by atoms with E-state index in [1.165, 1.54) is 99.3 Å². The van der Waals surface area contributed by atoms with Crippen molar-refractivity contribution in [3.8, 4) is 11.1 Å².